The minimum absolute atomic E-state index is 0. The summed E-state index contributed by atoms with van der Waals surface area (Å²) in [5.41, 5.74) is 11.0. The number of imidazole rings is 1. The third-order valence-corrected chi connectivity index (χ3v) is 14.3. The molecule has 0 atom stereocenters. The zero-order chi connectivity index (χ0) is 51.4. The van der Waals surface area contributed by atoms with E-state index in [1.54, 1.807) is 36.5 Å². The molecule has 0 unspecified atom stereocenters. The molecule has 0 amide bonds. The molecule has 0 N–H and O–H groups in total. The second-order valence-electron chi connectivity index (χ2n) is 17.9. The molecule has 12 rings (SSSR count). The fourth-order valence-electron chi connectivity index (χ4n) is 8.98. The first-order valence-corrected chi connectivity index (χ1v) is 26.3. The van der Waals surface area contributed by atoms with E-state index >= 15 is 0 Å². The summed E-state index contributed by atoms with van der Waals surface area (Å²) in [5, 5.41) is 4.64. The van der Waals surface area contributed by atoms with Gasteiger partial charge in [0, 0.05) is 72.9 Å². The summed E-state index contributed by atoms with van der Waals surface area (Å²) in [5.74, 6) is 0.301. The first-order valence-electron chi connectivity index (χ1n) is 25.3. The quantitative estimate of drug-likeness (QED) is 0.112. The molecule has 1 radical (unpaired) electrons. The van der Waals surface area contributed by atoms with Crippen molar-refractivity contribution in [3.63, 3.8) is 0 Å². The molecule has 12 aromatic rings. The van der Waals surface area contributed by atoms with Gasteiger partial charge in [-0.1, -0.05) is 182 Å². The molecule has 0 aliphatic rings. The molecule has 0 fully saturated rings. The van der Waals surface area contributed by atoms with E-state index in [9.17, 15) is 4.39 Å². The van der Waals surface area contributed by atoms with Gasteiger partial charge >= 0.3 is 0 Å². The number of aromatic nitrogens is 4. The Labute approximate surface area is 428 Å². The number of nitrogens with zero attached hydrogens (tertiary/aromatic N) is 4. The molecule has 0 bridgehead atoms. The number of hydrogen-bond donors (Lipinski definition) is 0. The summed E-state index contributed by atoms with van der Waals surface area (Å²) in [6.45, 7) is 4.07. The van der Waals surface area contributed by atoms with E-state index in [1.807, 2.05) is 48.5 Å². The largest absolute Gasteiger partial charge is 0.486 e. The van der Waals surface area contributed by atoms with Crippen molar-refractivity contribution in [1.29, 1.82) is 0 Å². The predicted octanol–water partition coefficient (Wildman–Crippen LogP) is 15.4. The Hall–Kier alpha value is -7.61. The maximum atomic E-state index is 13.0. The molecule has 0 saturated heterocycles. The van der Waals surface area contributed by atoms with Gasteiger partial charge in [0.25, 0.3) is 0 Å². The van der Waals surface area contributed by atoms with Crippen LogP contribution in [0.3, 0.4) is 0 Å². The molecule has 5 nitrogen and oxygen atoms in total. The Bertz CT molecular complexity index is 3970. The van der Waals surface area contributed by atoms with E-state index in [-0.39, 0.29) is 31.6 Å². The number of aryl methyl sites for hydroxylation is 1. The van der Waals surface area contributed by atoms with Gasteiger partial charge in [-0.25, -0.2) is 4.98 Å². The number of benzene rings is 8. The zero-order valence-electron chi connectivity index (χ0n) is 43.5. The van der Waals surface area contributed by atoms with E-state index in [2.05, 4.69) is 144 Å². The molecule has 70 heavy (non-hydrogen) atoms. The van der Waals surface area contributed by atoms with Crippen molar-refractivity contribution in [3.8, 4) is 50.6 Å². The molecule has 8 heteroatoms. The SMILES string of the molecule is [2H]C([2H])([2H])c1cc(-c2[c-]cc(F)cc2)ncc1[Si](C)(C)C.[2H]C([2H])(c1ccccc1)c1ccc2c(n1)oc1c(-c3nc4c5ccccc5ccc4n3-c3c(-c4ccccc4)cccc3-c3ccccc3)[c-]ccc12.[Ir]. The molecule has 8 aromatic carbocycles. The maximum Gasteiger partial charge on any atom is 0.216 e. The first-order chi connectivity index (χ1) is 35.6. The van der Waals surface area contributed by atoms with Gasteiger partial charge in [0.05, 0.1) is 36.2 Å². The van der Waals surface area contributed by atoms with Gasteiger partial charge in [0.15, 0.2) is 0 Å². The van der Waals surface area contributed by atoms with Gasteiger partial charge < -0.3 is 14.0 Å². The van der Waals surface area contributed by atoms with Crippen LogP contribution in [0, 0.1) is 24.8 Å². The number of hydrogen-bond acceptors (Lipinski definition) is 4. The summed E-state index contributed by atoms with van der Waals surface area (Å²) >= 11 is 0. The number of para-hydroxylation sites is 1. The van der Waals surface area contributed by atoms with Gasteiger partial charge in [-0.3, -0.25) is 9.37 Å². The maximum absolute atomic E-state index is 13.0. The van der Waals surface area contributed by atoms with E-state index < -0.39 is 21.3 Å². The standard InChI is InChI=1S/C47H30N3O.C15H17FNSi.Ir/c1-4-14-31(15-5-1)30-35-27-28-40-39-24-13-25-41(45(39)51-47(40)48-35)46-49-43-36-21-11-10-20-34(36)26-29-42(43)50(46)44-37(32-16-6-2-7-17-32)22-12-23-38(44)33-18-8-3-9-19-33;1-11-9-14(12-5-7-13(16)8-6-12)17-10-15(11)18(2,3)4;/h1-24,26-29H,30H2;5,7-10H,1-4H3;/q2*-1;/i30D2;1D3;. The Balaban J connectivity index is 0.000000246. The van der Waals surface area contributed by atoms with Crippen molar-refractivity contribution in [2.24, 2.45) is 0 Å². The van der Waals surface area contributed by atoms with Crippen LogP contribution in [-0.4, -0.2) is 27.6 Å². The summed E-state index contributed by atoms with van der Waals surface area (Å²) in [7, 11) is -1.81. The third kappa shape index (κ3) is 8.93. The smallest absolute Gasteiger partial charge is 0.216 e. The van der Waals surface area contributed by atoms with E-state index in [4.69, 9.17) is 21.2 Å². The average Bonchev–Trinajstić information content (AvgIpc) is 4.02. The number of pyridine rings is 2. The molecular weight excluding hydrogens is 1060 g/mol. The van der Waals surface area contributed by atoms with E-state index in [0.717, 1.165) is 65.7 Å². The van der Waals surface area contributed by atoms with Crippen molar-refractivity contribution in [2.45, 2.75) is 32.9 Å². The monoisotopic (exact) mass is 1110 g/mol. The fourth-order valence-corrected chi connectivity index (χ4v) is 10.3. The number of fused-ring (bicyclic) bond motifs is 6. The molecule has 0 aliphatic carbocycles. The minimum atomic E-state index is -2.19. The Morgan fingerprint density at radius 3 is 2.07 bits per heavy atom. The summed E-state index contributed by atoms with van der Waals surface area (Å²) in [6.07, 6.45) is -0.159. The van der Waals surface area contributed by atoms with Crippen LogP contribution in [0.15, 0.2) is 205 Å². The Kier molecular flexibility index (Phi) is 11.2. The molecule has 0 saturated carbocycles. The third-order valence-electron chi connectivity index (χ3n) is 12.3. The minimum Gasteiger partial charge on any atom is -0.486 e. The van der Waals surface area contributed by atoms with Gasteiger partial charge in [-0.2, -0.15) is 0 Å². The fraction of sp³-hybridized carbons (Fsp3) is 0.0806. The molecule has 4 heterocycles. The Morgan fingerprint density at radius 2 is 1.39 bits per heavy atom. The second kappa shape index (κ2) is 19.4. The normalized spacial score (nSPS) is 12.9. The second-order valence-corrected chi connectivity index (χ2v) is 22.9. The van der Waals surface area contributed by atoms with Crippen LogP contribution >= 0.6 is 0 Å². The number of halogens is 1. The van der Waals surface area contributed by atoms with Gasteiger partial charge in [0.2, 0.25) is 5.71 Å². The number of furan rings is 1. The van der Waals surface area contributed by atoms with Crippen molar-refractivity contribution in [1.82, 2.24) is 19.5 Å². The number of rotatable bonds is 8. The zero-order valence-corrected chi connectivity index (χ0v) is 41.9. The van der Waals surface area contributed by atoms with Crippen LogP contribution in [0.4, 0.5) is 4.39 Å². The van der Waals surface area contributed by atoms with Crippen molar-refractivity contribution < 1.29 is 35.8 Å². The molecule has 4 aromatic heterocycles. The van der Waals surface area contributed by atoms with Gasteiger partial charge in [-0.05, 0) is 58.0 Å². The molecule has 0 aliphatic heterocycles. The van der Waals surface area contributed by atoms with E-state index in [1.165, 1.54) is 12.1 Å². The van der Waals surface area contributed by atoms with Crippen LogP contribution in [0.5, 0.6) is 0 Å². The molecule has 0 spiro atoms. The van der Waals surface area contributed by atoms with Crippen molar-refractivity contribution >= 4 is 57.1 Å². The van der Waals surface area contributed by atoms with Gasteiger partial charge in [0.1, 0.15) is 0 Å². The summed E-state index contributed by atoms with van der Waals surface area (Å²) in [4.78, 5) is 14.6. The molecular formula is C62H47FIrN4OSi-2. The van der Waals surface area contributed by atoms with Gasteiger partial charge in [-0.15, -0.1) is 48.0 Å². The predicted molar refractivity (Wildman–Crippen MR) is 284 cm³/mol. The van der Waals surface area contributed by atoms with Crippen molar-refractivity contribution in [3.05, 3.63) is 235 Å². The van der Waals surface area contributed by atoms with Crippen LogP contribution in [0.2, 0.25) is 19.6 Å². The summed E-state index contributed by atoms with van der Waals surface area (Å²) in [6, 6.07) is 68.7. The first kappa shape index (κ1) is 40.3. The van der Waals surface area contributed by atoms with Crippen LogP contribution < -0.4 is 5.19 Å². The van der Waals surface area contributed by atoms with Crippen molar-refractivity contribution in [2.75, 3.05) is 0 Å². The van der Waals surface area contributed by atoms with E-state index in [0.29, 0.717) is 45.1 Å². The van der Waals surface area contributed by atoms with Crippen LogP contribution in [0.25, 0.3) is 94.5 Å². The average molecular weight is 1110 g/mol. The topological polar surface area (TPSA) is 56.7 Å². The summed E-state index contributed by atoms with van der Waals surface area (Å²) < 4.78 is 63.0. The van der Waals surface area contributed by atoms with Crippen LogP contribution in [-0.2, 0) is 26.5 Å². The van der Waals surface area contributed by atoms with Crippen LogP contribution in [0.1, 0.15) is 23.7 Å². The Morgan fingerprint density at radius 1 is 0.686 bits per heavy atom. The molecule has 343 valence electrons.